The van der Waals surface area contributed by atoms with E-state index in [9.17, 15) is 9.59 Å². The van der Waals surface area contributed by atoms with E-state index in [0.29, 0.717) is 30.3 Å². The van der Waals surface area contributed by atoms with E-state index in [1.54, 1.807) is 24.3 Å². The molecule has 0 aliphatic heterocycles. The second kappa shape index (κ2) is 10.4. The fourth-order valence-electron chi connectivity index (χ4n) is 3.05. The van der Waals surface area contributed by atoms with Crippen LogP contribution in [0.1, 0.15) is 43.1 Å². The Balaban J connectivity index is 1.66. The number of unbranched alkanes of at least 4 members (excludes halogenated alkanes) is 2. The summed E-state index contributed by atoms with van der Waals surface area (Å²) in [6, 6.07) is 16.5. The molecule has 0 radical (unpaired) electrons. The number of para-hydroxylation sites is 1. The molecule has 3 aromatic rings. The quantitative estimate of drug-likeness (QED) is 0.380. The smallest absolute Gasteiger partial charge is 0.359 e. The Hall–Kier alpha value is -3.15. The lowest BCUT2D eigenvalue weighted by Crippen LogP contribution is -2.26. The number of rotatable bonds is 10. The summed E-state index contributed by atoms with van der Waals surface area (Å²) < 4.78 is 12.4. The molecule has 1 aromatic heterocycles. The lowest BCUT2D eigenvalue weighted by Gasteiger charge is -2.11. The van der Waals surface area contributed by atoms with Crippen LogP contribution in [0.5, 0.6) is 5.75 Å². The second-order valence-electron chi connectivity index (χ2n) is 6.78. The van der Waals surface area contributed by atoms with Crippen LogP contribution in [-0.2, 0) is 11.3 Å². The third-order valence-corrected chi connectivity index (χ3v) is 4.57. The van der Waals surface area contributed by atoms with E-state index in [1.165, 1.54) is 4.68 Å². The molecule has 6 heteroatoms. The molecule has 0 aliphatic rings. The zero-order chi connectivity index (χ0) is 20.5. The molecule has 0 N–H and O–H groups in total. The third kappa shape index (κ3) is 5.44. The van der Waals surface area contributed by atoms with Gasteiger partial charge >= 0.3 is 5.97 Å². The number of aryl methyl sites for hydroxylation is 1. The van der Waals surface area contributed by atoms with Gasteiger partial charge in [0.05, 0.1) is 18.6 Å². The SMILES string of the molecule is CCCCCn1nc(C(=O)OCCCOc2ccccc2)c2ccccc2c1=O. The van der Waals surface area contributed by atoms with Crippen LogP contribution in [0.25, 0.3) is 10.8 Å². The van der Waals surface area contributed by atoms with Crippen LogP contribution in [0.15, 0.2) is 59.4 Å². The molecule has 0 atom stereocenters. The molecule has 0 aliphatic carbocycles. The first kappa shape index (κ1) is 20.6. The van der Waals surface area contributed by atoms with Gasteiger partial charge in [-0.15, -0.1) is 0 Å². The summed E-state index contributed by atoms with van der Waals surface area (Å²) in [5.74, 6) is 0.260. The van der Waals surface area contributed by atoms with Crippen molar-refractivity contribution in [1.29, 1.82) is 0 Å². The molecule has 0 saturated heterocycles. The molecule has 3 rings (SSSR count). The van der Waals surface area contributed by atoms with E-state index in [2.05, 4.69) is 12.0 Å². The topological polar surface area (TPSA) is 70.4 Å². The van der Waals surface area contributed by atoms with E-state index < -0.39 is 5.97 Å². The Morgan fingerprint density at radius 1 is 0.931 bits per heavy atom. The highest BCUT2D eigenvalue weighted by Crippen LogP contribution is 2.15. The number of hydrogen-bond donors (Lipinski definition) is 0. The first-order valence-corrected chi connectivity index (χ1v) is 10.1. The summed E-state index contributed by atoms with van der Waals surface area (Å²) in [6.07, 6.45) is 3.45. The van der Waals surface area contributed by atoms with Gasteiger partial charge in [0, 0.05) is 18.4 Å². The van der Waals surface area contributed by atoms with Crippen molar-refractivity contribution < 1.29 is 14.3 Å². The van der Waals surface area contributed by atoms with Crippen molar-refractivity contribution in [3.05, 3.63) is 70.6 Å². The number of aromatic nitrogens is 2. The molecule has 1 heterocycles. The molecular weight excluding hydrogens is 368 g/mol. The summed E-state index contributed by atoms with van der Waals surface area (Å²) in [5.41, 5.74) is 0.00481. The van der Waals surface area contributed by atoms with Crippen LogP contribution >= 0.6 is 0 Å². The van der Waals surface area contributed by atoms with E-state index in [1.807, 2.05) is 30.3 Å². The van der Waals surface area contributed by atoms with Gasteiger partial charge < -0.3 is 9.47 Å². The van der Waals surface area contributed by atoms with Crippen molar-refractivity contribution in [3.8, 4) is 5.75 Å². The first-order chi connectivity index (χ1) is 14.2. The van der Waals surface area contributed by atoms with Gasteiger partial charge in [-0.3, -0.25) is 4.79 Å². The molecule has 0 fully saturated rings. The number of hydrogen-bond acceptors (Lipinski definition) is 5. The summed E-state index contributed by atoms with van der Waals surface area (Å²) in [5, 5.41) is 5.32. The minimum Gasteiger partial charge on any atom is -0.493 e. The highest BCUT2D eigenvalue weighted by atomic mass is 16.5. The summed E-state index contributed by atoms with van der Waals surface area (Å²) in [6.45, 7) is 3.25. The van der Waals surface area contributed by atoms with Gasteiger partial charge in [-0.1, -0.05) is 56.2 Å². The zero-order valence-electron chi connectivity index (χ0n) is 16.7. The standard InChI is InChI=1S/C23H26N2O4/c1-2-3-9-15-25-22(26)20-14-8-7-13-19(20)21(24-25)23(27)29-17-10-16-28-18-11-5-4-6-12-18/h4-8,11-14H,2-3,9-10,15-17H2,1H3. The van der Waals surface area contributed by atoms with Crippen LogP contribution < -0.4 is 10.3 Å². The highest BCUT2D eigenvalue weighted by molar-refractivity contribution is 6.02. The summed E-state index contributed by atoms with van der Waals surface area (Å²) in [7, 11) is 0. The average molecular weight is 394 g/mol. The van der Waals surface area contributed by atoms with Gasteiger partial charge in [0.2, 0.25) is 0 Å². The highest BCUT2D eigenvalue weighted by Gasteiger charge is 2.17. The normalized spacial score (nSPS) is 10.8. The van der Waals surface area contributed by atoms with Crippen LogP contribution in [0, 0.1) is 0 Å². The minimum absolute atomic E-state index is 0.176. The number of carbonyl (C=O) groups excluding carboxylic acids is 1. The van der Waals surface area contributed by atoms with Crippen molar-refractivity contribution in [3.63, 3.8) is 0 Å². The Kier molecular flexibility index (Phi) is 7.39. The lowest BCUT2D eigenvalue weighted by molar-refractivity contribution is 0.0478. The van der Waals surface area contributed by atoms with Crippen molar-refractivity contribution in [2.75, 3.05) is 13.2 Å². The van der Waals surface area contributed by atoms with Gasteiger partial charge in [-0.05, 0) is 24.6 Å². The molecule has 2 aromatic carbocycles. The van der Waals surface area contributed by atoms with Gasteiger partial charge in [0.25, 0.3) is 5.56 Å². The molecule has 0 amide bonds. The number of fused-ring (bicyclic) bond motifs is 1. The maximum absolute atomic E-state index is 12.7. The van der Waals surface area contributed by atoms with Crippen molar-refractivity contribution in [1.82, 2.24) is 9.78 Å². The average Bonchev–Trinajstić information content (AvgIpc) is 2.76. The van der Waals surface area contributed by atoms with Crippen molar-refractivity contribution in [2.24, 2.45) is 0 Å². The number of carbonyl (C=O) groups is 1. The monoisotopic (exact) mass is 394 g/mol. The maximum Gasteiger partial charge on any atom is 0.359 e. The zero-order valence-corrected chi connectivity index (χ0v) is 16.7. The summed E-state index contributed by atoms with van der Waals surface area (Å²) >= 11 is 0. The lowest BCUT2D eigenvalue weighted by atomic mass is 10.1. The van der Waals surface area contributed by atoms with E-state index in [-0.39, 0.29) is 17.9 Å². The van der Waals surface area contributed by atoms with Gasteiger partial charge in [-0.2, -0.15) is 5.10 Å². The number of esters is 1. The molecule has 152 valence electrons. The number of ether oxygens (including phenoxy) is 2. The predicted molar refractivity (Wildman–Crippen MR) is 112 cm³/mol. The fourth-order valence-corrected chi connectivity index (χ4v) is 3.05. The Morgan fingerprint density at radius 2 is 1.66 bits per heavy atom. The number of benzene rings is 2. The van der Waals surface area contributed by atoms with Crippen molar-refractivity contribution in [2.45, 2.75) is 39.2 Å². The second-order valence-corrected chi connectivity index (χ2v) is 6.78. The molecule has 0 bridgehead atoms. The fraction of sp³-hybridized carbons (Fsp3) is 0.348. The van der Waals surface area contributed by atoms with Gasteiger partial charge in [0.15, 0.2) is 5.69 Å². The maximum atomic E-state index is 12.7. The minimum atomic E-state index is -0.523. The van der Waals surface area contributed by atoms with Gasteiger partial charge in [0.1, 0.15) is 5.75 Å². The van der Waals surface area contributed by atoms with E-state index in [0.717, 1.165) is 25.0 Å². The van der Waals surface area contributed by atoms with Gasteiger partial charge in [-0.25, -0.2) is 9.48 Å². The molecule has 6 nitrogen and oxygen atoms in total. The third-order valence-electron chi connectivity index (χ3n) is 4.57. The molecular formula is C23H26N2O4. The van der Waals surface area contributed by atoms with E-state index >= 15 is 0 Å². The largest absolute Gasteiger partial charge is 0.493 e. The van der Waals surface area contributed by atoms with Crippen LogP contribution in [0.4, 0.5) is 0 Å². The Morgan fingerprint density at radius 3 is 2.41 bits per heavy atom. The molecule has 0 spiro atoms. The molecule has 0 unspecified atom stereocenters. The molecule has 29 heavy (non-hydrogen) atoms. The molecule has 0 saturated carbocycles. The van der Waals surface area contributed by atoms with Crippen LogP contribution in [-0.4, -0.2) is 29.0 Å². The summed E-state index contributed by atoms with van der Waals surface area (Å²) in [4.78, 5) is 25.3. The van der Waals surface area contributed by atoms with Crippen LogP contribution in [0.3, 0.4) is 0 Å². The van der Waals surface area contributed by atoms with Crippen LogP contribution in [0.2, 0.25) is 0 Å². The first-order valence-electron chi connectivity index (χ1n) is 10.1. The number of nitrogens with zero attached hydrogens (tertiary/aromatic N) is 2. The van der Waals surface area contributed by atoms with E-state index in [4.69, 9.17) is 9.47 Å². The Bertz CT molecular complexity index is 999. The predicted octanol–water partition coefficient (Wildman–Crippen LogP) is 4.21. The Labute approximate surface area is 170 Å². The van der Waals surface area contributed by atoms with Crippen molar-refractivity contribution >= 4 is 16.7 Å².